The lowest BCUT2D eigenvalue weighted by Crippen LogP contribution is -2.48. The van der Waals surface area contributed by atoms with E-state index in [1.165, 1.54) is 12.0 Å². The molecule has 1 N–H and O–H groups in total. The van der Waals surface area contributed by atoms with E-state index >= 15 is 0 Å². The average Bonchev–Trinajstić information content (AvgIpc) is 3.21. The first-order valence-electron chi connectivity index (χ1n) is 8.79. The number of anilines is 1. The Bertz CT molecular complexity index is 981. The van der Waals surface area contributed by atoms with E-state index in [-0.39, 0.29) is 17.4 Å². The summed E-state index contributed by atoms with van der Waals surface area (Å²) in [6, 6.07) is 12.0. The average molecular weight is 333 g/mol. The summed E-state index contributed by atoms with van der Waals surface area (Å²) in [5.41, 5.74) is 3.92. The van der Waals surface area contributed by atoms with Gasteiger partial charge in [-0.05, 0) is 36.6 Å². The van der Waals surface area contributed by atoms with Gasteiger partial charge >= 0.3 is 0 Å². The van der Waals surface area contributed by atoms with Crippen LogP contribution >= 0.6 is 0 Å². The number of carbonyl (C=O) groups excluding carboxylic acids is 1. The van der Waals surface area contributed by atoms with Crippen LogP contribution in [0.15, 0.2) is 36.4 Å². The lowest BCUT2D eigenvalue weighted by Gasteiger charge is -2.39. The Morgan fingerprint density at radius 1 is 1.20 bits per heavy atom. The third-order valence-electron chi connectivity index (χ3n) is 5.87. The summed E-state index contributed by atoms with van der Waals surface area (Å²) in [7, 11) is 0. The zero-order valence-electron chi connectivity index (χ0n) is 14.1. The van der Waals surface area contributed by atoms with Gasteiger partial charge in [0.25, 0.3) is 5.91 Å². The molecule has 0 saturated heterocycles. The van der Waals surface area contributed by atoms with Gasteiger partial charge in [-0.3, -0.25) is 4.79 Å². The fourth-order valence-corrected chi connectivity index (χ4v) is 4.61. The molecule has 2 aliphatic rings. The van der Waals surface area contributed by atoms with Crippen LogP contribution in [-0.2, 0) is 5.41 Å². The van der Waals surface area contributed by atoms with Gasteiger partial charge in [0.15, 0.2) is 0 Å². The summed E-state index contributed by atoms with van der Waals surface area (Å²) in [5, 5.41) is 10.6. The fraction of sp³-hybridized carbons (Fsp3) is 0.368. The topological polar surface area (TPSA) is 74.8 Å². The molecule has 0 radical (unpaired) electrons. The molecule has 1 aliphatic heterocycles. The van der Waals surface area contributed by atoms with Crippen molar-refractivity contribution in [2.45, 2.75) is 44.1 Å². The summed E-state index contributed by atoms with van der Waals surface area (Å²) in [5.74, 6) is -0.0482. The third kappa shape index (κ3) is 1.97. The second-order valence-electron chi connectivity index (χ2n) is 7.23. The number of amides is 1. The number of H-pyrrole nitrogens is 1. The molecule has 6 heteroatoms. The predicted molar refractivity (Wildman–Crippen MR) is 94.5 cm³/mol. The zero-order valence-corrected chi connectivity index (χ0v) is 14.1. The number of hydrogen-bond acceptors (Lipinski definition) is 4. The normalized spacial score (nSPS) is 25.0. The van der Waals surface area contributed by atoms with Gasteiger partial charge in [-0.1, -0.05) is 38.0 Å². The first-order valence-corrected chi connectivity index (χ1v) is 8.79. The van der Waals surface area contributed by atoms with Crippen molar-refractivity contribution in [3.63, 3.8) is 0 Å². The van der Waals surface area contributed by atoms with E-state index in [9.17, 15) is 4.79 Å². The highest BCUT2D eigenvalue weighted by molar-refractivity contribution is 6.07. The SMILES string of the molecule is C[C@@]12CCCC[C@@H]1N(C(=O)c1ccc3n[nH]nc3n1)c1ccccc12. The molecule has 0 spiro atoms. The van der Waals surface area contributed by atoms with Crippen molar-refractivity contribution in [2.24, 2.45) is 0 Å². The molecule has 2 aromatic heterocycles. The standard InChI is InChI=1S/C19H19N5O/c1-19-11-5-4-8-16(19)24(15-7-3-2-6-12(15)19)18(25)14-10-9-13-17(20-14)22-23-21-13/h2-3,6-7,9-10,16H,4-5,8,11H2,1H3,(H,20,21,22,23)/t16-,19-/m0/s1. The van der Waals surface area contributed by atoms with Crippen LogP contribution in [0.5, 0.6) is 0 Å². The van der Waals surface area contributed by atoms with E-state index in [0.717, 1.165) is 24.9 Å². The van der Waals surface area contributed by atoms with Crippen molar-refractivity contribution < 1.29 is 4.79 Å². The number of hydrogen-bond donors (Lipinski definition) is 1. The van der Waals surface area contributed by atoms with Gasteiger partial charge in [-0.2, -0.15) is 10.3 Å². The summed E-state index contributed by atoms with van der Waals surface area (Å²) in [6.45, 7) is 2.30. The number of para-hydroxylation sites is 1. The minimum atomic E-state index is -0.0482. The number of aromatic amines is 1. The highest BCUT2D eigenvalue weighted by atomic mass is 16.2. The summed E-state index contributed by atoms with van der Waals surface area (Å²) in [4.78, 5) is 19.8. The van der Waals surface area contributed by atoms with Crippen LogP contribution in [-0.4, -0.2) is 32.3 Å². The number of benzene rings is 1. The van der Waals surface area contributed by atoms with E-state index in [0.29, 0.717) is 16.9 Å². The number of carbonyl (C=O) groups is 1. The van der Waals surface area contributed by atoms with Crippen LogP contribution < -0.4 is 4.90 Å². The van der Waals surface area contributed by atoms with Crippen molar-refractivity contribution in [3.8, 4) is 0 Å². The lowest BCUT2D eigenvalue weighted by atomic mass is 9.69. The molecule has 126 valence electrons. The molecular formula is C19H19N5O. The molecule has 5 rings (SSSR count). The first-order chi connectivity index (χ1) is 12.2. The Hall–Kier alpha value is -2.76. The number of fused-ring (bicyclic) bond motifs is 4. The molecule has 1 saturated carbocycles. The second kappa shape index (κ2) is 5.12. The van der Waals surface area contributed by atoms with Gasteiger partial charge in [0.2, 0.25) is 5.65 Å². The van der Waals surface area contributed by atoms with Gasteiger partial charge in [0.1, 0.15) is 11.2 Å². The number of aromatic nitrogens is 4. The zero-order chi connectivity index (χ0) is 17.0. The van der Waals surface area contributed by atoms with Crippen LogP contribution in [0.4, 0.5) is 5.69 Å². The number of rotatable bonds is 1. The van der Waals surface area contributed by atoms with Crippen molar-refractivity contribution in [2.75, 3.05) is 4.90 Å². The molecule has 1 aromatic carbocycles. The molecule has 25 heavy (non-hydrogen) atoms. The molecule has 1 aliphatic carbocycles. The van der Waals surface area contributed by atoms with Gasteiger partial charge in [-0.25, -0.2) is 4.98 Å². The van der Waals surface area contributed by atoms with Crippen molar-refractivity contribution >= 4 is 22.8 Å². The quantitative estimate of drug-likeness (QED) is 0.742. The molecule has 6 nitrogen and oxygen atoms in total. The highest BCUT2D eigenvalue weighted by Crippen LogP contribution is 2.52. The van der Waals surface area contributed by atoms with Crippen LogP contribution in [0.25, 0.3) is 11.2 Å². The minimum absolute atomic E-state index is 0.0303. The minimum Gasteiger partial charge on any atom is -0.303 e. The number of pyridine rings is 1. The van der Waals surface area contributed by atoms with Gasteiger partial charge in [0.05, 0.1) is 0 Å². The summed E-state index contributed by atoms with van der Waals surface area (Å²) >= 11 is 0. The summed E-state index contributed by atoms with van der Waals surface area (Å²) < 4.78 is 0. The van der Waals surface area contributed by atoms with E-state index in [4.69, 9.17) is 0 Å². The monoisotopic (exact) mass is 333 g/mol. The molecule has 1 fully saturated rings. The maximum Gasteiger partial charge on any atom is 0.277 e. The number of nitrogens with zero attached hydrogens (tertiary/aromatic N) is 4. The van der Waals surface area contributed by atoms with Gasteiger partial charge in [-0.15, -0.1) is 5.10 Å². The Morgan fingerprint density at radius 3 is 3.00 bits per heavy atom. The first kappa shape index (κ1) is 14.6. The van der Waals surface area contributed by atoms with E-state index in [1.54, 1.807) is 12.1 Å². The highest BCUT2D eigenvalue weighted by Gasteiger charge is 2.50. The fourth-order valence-electron chi connectivity index (χ4n) is 4.61. The van der Waals surface area contributed by atoms with Crippen LogP contribution in [0.1, 0.15) is 48.7 Å². The Balaban J connectivity index is 1.63. The van der Waals surface area contributed by atoms with Crippen molar-refractivity contribution in [1.29, 1.82) is 0 Å². The maximum absolute atomic E-state index is 13.4. The Labute approximate surface area is 145 Å². The van der Waals surface area contributed by atoms with Crippen LogP contribution in [0, 0.1) is 0 Å². The second-order valence-corrected chi connectivity index (χ2v) is 7.23. The molecule has 2 atom stereocenters. The van der Waals surface area contributed by atoms with E-state index < -0.39 is 0 Å². The largest absolute Gasteiger partial charge is 0.303 e. The van der Waals surface area contributed by atoms with Gasteiger partial charge < -0.3 is 4.90 Å². The summed E-state index contributed by atoms with van der Waals surface area (Å²) in [6.07, 6.45) is 4.53. The van der Waals surface area contributed by atoms with Gasteiger partial charge in [0, 0.05) is 17.1 Å². The van der Waals surface area contributed by atoms with Crippen LogP contribution in [0.2, 0.25) is 0 Å². The molecule has 0 unspecified atom stereocenters. The van der Waals surface area contributed by atoms with Crippen molar-refractivity contribution in [3.05, 3.63) is 47.7 Å². The smallest absolute Gasteiger partial charge is 0.277 e. The molecule has 3 aromatic rings. The van der Waals surface area contributed by atoms with Crippen LogP contribution in [0.3, 0.4) is 0 Å². The van der Waals surface area contributed by atoms with E-state index in [1.807, 2.05) is 11.0 Å². The predicted octanol–water partition coefficient (Wildman–Crippen LogP) is 3.21. The number of nitrogens with one attached hydrogen (secondary N) is 1. The third-order valence-corrected chi connectivity index (χ3v) is 5.87. The molecule has 3 heterocycles. The molecule has 1 amide bonds. The maximum atomic E-state index is 13.4. The molecular weight excluding hydrogens is 314 g/mol. The Kier molecular flexibility index (Phi) is 2.98. The van der Waals surface area contributed by atoms with Crippen molar-refractivity contribution in [1.82, 2.24) is 20.4 Å². The van der Waals surface area contributed by atoms with E-state index in [2.05, 4.69) is 45.5 Å². The molecule has 0 bridgehead atoms. The lowest BCUT2D eigenvalue weighted by molar-refractivity contribution is 0.0957. The Morgan fingerprint density at radius 2 is 2.08 bits per heavy atom.